The van der Waals surface area contributed by atoms with E-state index in [2.05, 4.69) is 19.9 Å². The first-order valence-corrected chi connectivity index (χ1v) is 5.31. The average molecular weight is 225 g/mol. The van der Waals surface area contributed by atoms with E-state index in [0.29, 0.717) is 11.5 Å². The lowest BCUT2D eigenvalue weighted by molar-refractivity contribution is 0.944. The number of hydrogen-bond donors (Lipinski definition) is 0. The van der Waals surface area contributed by atoms with Crippen LogP contribution in [0.2, 0.25) is 0 Å². The highest BCUT2D eigenvalue weighted by Crippen LogP contribution is 2.16. The van der Waals surface area contributed by atoms with E-state index in [4.69, 9.17) is 0 Å². The van der Waals surface area contributed by atoms with Gasteiger partial charge in [0, 0.05) is 24.5 Å². The van der Waals surface area contributed by atoms with Crippen molar-refractivity contribution in [3.8, 4) is 11.4 Å². The summed E-state index contributed by atoms with van der Waals surface area (Å²) in [6.45, 7) is 1.95. The van der Waals surface area contributed by atoms with Crippen LogP contribution in [-0.2, 0) is 7.05 Å². The third-order valence-electron chi connectivity index (χ3n) is 2.65. The summed E-state index contributed by atoms with van der Waals surface area (Å²) < 4.78 is 1.90. The second kappa shape index (κ2) is 3.62. The molecule has 0 saturated heterocycles. The Morgan fingerprint density at radius 1 is 1.06 bits per heavy atom. The van der Waals surface area contributed by atoms with Crippen LogP contribution in [0.4, 0.5) is 0 Å². The molecule has 0 aliphatic heterocycles. The SMILES string of the molecule is Cc1ccc(-c2ncc3c(ncn3C)n2)cn1. The molecule has 0 fully saturated rings. The average Bonchev–Trinajstić information content (AvgIpc) is 2.72. The van der Waals surface area contributed by atoms with Crippen molar-refractivity contribution in [2.75, 3.05) is 0 Å². The van der Waals surface area contributed by atoms with Crippen LogP contribution in [0.3, 0.4) is 0 Å². The molecule has 3 heterocycles. The van der Waals surface area contributed by atoms with Gasteiger partial charge in [-0.3, -0.25) is 4.98 Å². The Hall–Kier alpha value is -2.30. The minimum absolute atomic E-state index is 0.656. The van der Waals surface area contributed by atoms with Crippen LogP contribution in [0.1, 0.15) is 5.69 Å². The van der Waals surface area contributed by atoms with Gasteiger partial charge in [0.1, 0.15) is 5.52 Å². The number of rotatable bonds is 1. The summed E-state index contributed by atoms with van der Waals surface area (Å²) >= 11 is 0. The van der Waals surface area contributed by atoms with Crippen LogP contribution in [-0.4, -0.2) is 24.5 Å². The Balaban J connectivity index is 2.14. The zero-order chi connectivity index (χ0) is 11.8. The Bertz CT molecular complexity index is 669. The second-order valence-electron chi connectivity index (χ2n) is 3.95. The molecule has 0 aliphatic rings. The Morgan fingerprint density at radius 3 is 2.71 bits per heavy atom. The summed E-state index contributed by atoms with van der Waals surface area (Å²) in [4.78, 5) is 17.2. The highest BCUT2D eigenvalue weighted by molar-refractivity contribution is 5.72. The maximum atomic E-state index is 4.41. The highest BCUT2D eigenvalue weighted by Gasteiger charge is 2.06. The monoisotopic (exact) mass is 225 g/mol. The van der Waals surface area contributed by atoms with Crippen molar-refractivity contribution in [1.82, 2.24) is 24.5 Å². The number of imidazole rings is 1. The zero-order valence-corrected chi connectivity index (χ0v) is 9.62. The fraction of sp³-hybridized carbons (Fsp3) is 0.167. The molecule has 0 amide bonds. The van der Waals surface area contributed by atoms with Crippen molar-refractivity contribution >= 4 is 11.2 Å². The molecule has 0 aliphatic carbocycles. The van der Waals surface area contributed by atoms with E-state index < -0.39 is 0 Å². The van der Waals surface area contributed by atoms with Crippen molar-refractivity contribution in [2.24, 2.45) is 7.05 Å². The minimum Gasteiger partial charge on any atom is -0.331 e. The quantitative estimate of drug-likeness (QED) is 0.633. The van der Waals surface area contributed by atoms with E-state index in [0.717, 1.165) is 16.8 Å². The van der Waals surface area contributed by atoms with Crippen LogP contribution in [0.25, 0.3) is 22.6 Å². The lowest BCUT2D eigenvalue weighted by atomic mass is 10.2. The molecule has 0 atom stereocenters. The Labute approximate surface area is 98.2 Å². The van der Waals surface area contributed by atoms with Gasteiger partial charge in [0.25, 0.3) is 0 Å². The summed E-state index contributed by atoms with van der Waals surface area (Å²) in [5, 5.41) is 0. The number of fused-ring (bicyclic) bond motifs is 1. The van der Waals surface area contributed by atoms with Gasteiger partial charge in [-0.15, -0.1) is 0 Å². The fourth-order valence-electron chi connectivity index (χ4n) is 1.65. The summed E-state index contributed by atoms with van der Waals surface area (Å²) in [6.07, 6.45) is 5.29. The van der Waals surface area contributed by atoms with Crippen LogP contribution in [0.5, 0.6) is 0 Å². The summed E-state index contributed by atoms with van der Waals surface area (Å²) in [6, 6.07) is 3.91. The molecule has 17 heavy (non-hydrogen) atoms. The molecule has 5 nitrogen and oxygen atoms in total. The van der Waals surface area contributed by atoms with Gasteiger partial charge in [-0.1, -0.05) is 0 Å². The molecule has 3 aromatic heterocycles. The number of aromatic nitrogens is 5. The van der Waals surface area contributed by atoms with E-state index >= 15 is 0 Å². The minimum atomic E-state index is 0.656. The van der Waals surface area contributed by atoms with Crippen molar-refractivity contribution in [1.29, 1.82) is 0 Å². The van der Waals surface area contributed by atoms with Gasteiger partial charge in [0.05, 0.1) is 12.5 Å². The van der Waals surface area contributed by atoms with Crippen molar-refractivity contribution in [2.45, 2.75) is 6.92 Å². The van der Waals surface area contributed by atoms with Crippen LogP contribution >= 0.6 is 0 Å². The van der Waals surface area contributed by atoms with Gasteiger partial charge in [-0.2, -0.15) is 0 Å². The topological polar surface area (TPSA) is 56.5 Å². The normalized spacial score (nSPS) is 10.9. The van der Waals surface area contributed by atoms with Gasteiger partial charge < -0.3 is 4.57 Å². The molecule has 0 spiro atoms. The molecule has 0 N–H and O–H groups in total. The largest absolute Gasteiger partial charge is 0.331 e. The molecule has 84 valence electrons. The molecule has 5 heteroatoms. The van der Waals surface area contributed by atoms with Crippen molar-refractivity contribution < 1.29 is 0 Å². The zero-order valence-electron chi connectivity index (χ0n) is 9.62. The van der Waals surface area contributed by atoms with Gasteiger partial charge >= 0.3 is 0 Å². The molecule has 0 radical (unpaired) electrons. The summed E-state index contributed by atoms with van der Waals surface area (Å²) in [7, 11) is 1.92. The lowest BCUT2D eigenvalue weighted by Gasteiger charge is -2.00. The third kappa shape index (κ3) is 1.65. The standard InChI is InChI=1S/C12H11N5/c1-8-3-4-9(5-13-8)11-14-6-10-12(16-11)15-7-17(10)2/h3-7H,1-2H3. The highest BCUT2D eigenvalue weighted by atomic mass is 15.1. The number of aryl methyl sites for hydroxylation is 2. The van der Waals surface area contributed by atoms with E-state index in [-0.39, 0.29) is 0 Å². The molecule has 0 unspecified atom stereocenters. The molecular weight excluding hydrogens is 214 g/mol. The predicted molar refractivity (Wildman–Crippen MR) is 64.3 cm³/mol. The summed E-state index contributed by atoms with van der Waals surface area (Å²) in [5.41, 5.74) is 3.52. The first kappa shape index (κ1) is 9.89. The maximum Gasteiger partial charge on any atom is 0.181 e. The van der Waals surface area contributed by atoms with Gasteiger partial charge in [-0.05, 0) is 19.1 Å². The van der Waals surface area contributed by atoms with Crippen molar-refractivity contribution in [3.05, 3.63) is 36.5 Å². The molecule has 3 aromatic rings. The molecule has 0 aromatic carbocycles. The molecule has 0 saturated carbocycles. The number of hydrogen-bond acceptors (Lipinski definition) is 4. The predicted octanol–water partition coefficient (Wildman–Crippen LogP) is 1.73. The molecule has 0 bridgehead atoms. The van der Waals surface area contributed by atoms with E-state index in [9.17, 15) is 0 Å². The smallest absolute Gasteiger partial charge is 0.181 e. The van der Waals surface area contributed by atoms with E-state index in [1.165, 1.54) is 0 Å². The van der Waals surface area contributed by atoms with Gasteiger partial charge in [0.2, 0.25) is 0 Å². The fourth-order valence-corrected chi connectivity index (χ4v) is 1.65. The third-order valence-corrected chi connectivity index (χ3v) is 2.65. The van der Waals surface area contributed by atoms with E-state index in [1.54, 1.807) is 18.7 Å². The van der Waals surface area contributed by atoms with Gasteiger partial charge in [0.15, 0.2) is 11.5 Å². The van der Waals surface area contributed by atoms with Crippen molar-refractivity contribution in [3.63, 3.8) is 0 Å². The molecular formula is C12H11N5. The summed E-state index contributed by atoms with van der Waals surface area (Å²) in [5.74, 6) is 0.656. The first-order valence-electron chi connectivity index (χ1n) is 5.31. The van der Waals surface area contributed by atoms with Crippen LogP contribution in [0.15, 0.2) is 30.9 Å². The van der Waals surface area contributed by atoms with Crippen LogP contribution in [0, 0.1) is 6.92 Å². The van der Waals surface area contributed by atoms with E-state index in [1.807, 2.05) is 30.7 Å². The first-order chi connectivity index (χ1) is 8.24. The second-order valence-corrected chi connectivity index (χ2v) is 3.95. The maximum absolute atomic E-state index is 4.41. The number of nitrogens with zero attached hydrogens (tertiary/aromatic N) is 5. The van der Waals surface area contributed by atoms with Gasteiger partial charge in [-0.25, -0.2) is 15.0 Å². The molecule has 3 rings (SSSR count). The Morgan fingerprint density at radius 2 is 1.94 bits per heavy atom. The van der Waals surface area contributed by atoms with Crippen LogP contribution < -0.4 is 0 Å². The lowest BCUT2D eigenvalue weighted by Crippen LogP contribution is -1.92. The Kier molecular flexibility index (Phi) is 2.11. The number of pyridine rings is 1.